The quantitative estimate of drug-likeness (QED) is 0.0152. The summed E-state index contributed by atoms with van der Waals surface area (Å²) in [6, 6.07) is 16.0. The van der Waals surface area contributed by atoms with Gasteiger partial charge in [-0.2, -0.15) is 21.9 Å². The SMILES string of the molecule is Cc1c(-c2ccc(N3CCc4cccc(C(=O)Nc5nc6ccccc6s5)c4C3)nc2C(=O)O)cnn1CC12CC3(C)CC(C)(C1)CC(OCCN(CCS(=O)(=O)O)C(=O)OCc1ccc(NC(=O)[C@H](C)NC(=O)[C@@H](NC(=O)CN4C(=O)[C@H](N5C(=O)C=CC5=O)C[C@H]4COCCS(=O)(=O)O)C(C)C)cc1CC[C@@H]1O[C@H](C(=O)O)[C@@H](O)[C@H](O)[C@H]1O)(C3)C2. The van der Waals surface area contributed by atoms with E-state index in [1.54, 1.807) is 38.2 Å². The Balaban J connectivity index is 0.665. The van der Waals surface area contributed by atoms with Gasteiger partial charge in [0.1, 0.15) is 48.9 Å². The number of nitrogens with zero attached hydrogens (tertiary/aromatic N) is 8. The third-order valence-electron chi connectivity index (χ3n) is 23.9. The van der Waals surface area contributed by atoms with Crippen molar-refractivity contribution in [3.8, 4) is 11.1 Å². The summed E-state index contributed by atoms with van der Waals surface area (Å²) >= 11 is 1.38. The van der Waals surface area contributed by atoms with Crippen LogP contribution in [0.5, 0.6) is 0 Å². The van der Waals surface area contributed by atoms with E-state index in [1.807, 2.05) is 52.9 Å². The minimum atomic E-state index is -4.67. The molecule has 6 aromatic rings. The van der Waals surface area contributed by atoms with E-state index in [2.05, 4.69) is 40.1 Å². The number of rotatable bonds is 34. The molecule has 4 bridgehead atoms. The topological polar surface area (TPSA) is 522 Å². The number of aliphatic hydroxyl groups is 3. The molecule has 11 atom stereocenters. The molecule has 2 unspecified atom stereocenters. The van der Waals surface area contributed by atoms with Gasteiger partial charge >= 0.3 is 18.0 Å². The second kappa shape index (κ2) is 35.3. The van der Waals surface area contributed by atoms with Crippen molar-refractivity contribution >= 4 is 118 Å². The number of hydrogen-bond acceptors (Lipinski definition) is 26. The number of carboxylic acids is 2. The number of likely N-dealkylation sites (tertiary alicyclic amines) is 1. The molecular formula is C81H98N12O25S3. The lowest BCUT2D eigenvalue weighted by atomic mass is 9.39. The number of pyridine rings is 1. The summed E-state index contributed by atoms with van der Waals surface area (Å²) in [6.07, 6.45) is -2.13. The number of nitrogens with one attached hydrogen (secondary N) is 4. The second-order valence-corrected chi connectivity index (χ2v) is 38.0. The molecule has 4 saturated carbocycles. The highest BCUT2D eigenvalue weighted by Gasteiger charge is 2.66. The normalized spacial score (nSPS) is 25.5. The number of anilines is 3. The minimum absolute atomic E-state index is 0.0784. The number of fused-ring (bicyclic) bond motifs is 2. The van der Waals surface area contributed by atoms with Gasteiger partial charge in [0.2, 0.25) is 23.6 Å². The molecule has 0 radical (unpaired) electrons. The van der Waals surface area contributed by atoms with Crippen molar-refractivity contribution in [3.63, 3.8) is 0 Å². The standard InChI is InChI=1S/C81H98N12O25S3/c1-44(2)64(87-61(94)34-91-51(36-115-27-29-121(112,113)114)31-57(73(91)103)93-62(95)20-21-63(93)96)72(102)83-45(3)70(100)84-50-16-14-49(48(30-50)15-18-58-66(97)67(98)68(99)69(118-58)75(106)107)35-116-77(108)89(25-28-120(109,110)111)24-26-117-81-40-78(5)37-79(6,41-81)39-80(38-78,42-81)43-92-46(4)54(32-82-92)52-17-19-60(86-65(52)74(104)105)90-23-22-47-10-9-11-53(55(47)33-90)71(101)88-76-85-56-12-7-8-13-59(56)119-76/h7-14,16-17,19-21,30,32,44-45,51,57-58,64,66-69,97-99H,15,18,22-29,31,33-43H2,1-6H3,(H,83,102)(H,84,100)(H,87,94)(H,104,105)(H,106,107)(H,85,88,101)(H,109,110,111)(H,112,113,114)/t45-,51-,57+,58-,64-,66-,67+,68-,69-,78?,79?,80?,81?/m0/s1. The first-order valence-electron chi connectivity index (χ1n) is 39.7. The molecule has 8 aliphatic rings. The molecule has 8 amide bonds. The van der Waals surface area contributed by atoms with Crippen LogP contribution in [-0.4, -0.2) is 263 Å². The average molecular weight is 1740 g/mol. The summed E-state index contributed by atoms with van der Waals surface area (Å²) in [5.41, 5.74) is 3.61. The lowest BCUT2D eigenvalue weighted by Gasteiger charge is -2.69. The van der Waals surface area contributed by atoms with Gasteiger partial charge in [-0.15, -0.1) is 0 Å². The van der Waals surface area contributed by atoms with Crippen LogP contribution in [0.2, 0.25) is 0 Å². The number of amides is 8. The predicted molar refractivity (Wildman–Crippen MR) is 433 cm³/mol. The number of hydrogen-bond donors (Lipinski definition) is 11. The van der Waals surface area contributed by atoms with Crippen LogP contribution in [0, 0.1) is 29.1 Å². The molecular weight excluding hydrogens is 1640 g/mol. The van der Waals surface area contributed by atoms with Crippen molar-refractivity contribution < 1.29 is 118 Å². The lowest BCUT2D eigenvalue weighted by Crippen LogP contribution is -2.64. The van der Waals surface area contributed by atoms with Gasteiger partial charge in [0, 0.05) is 79.4 Å². The van der Waals surface area contributed by atoms with Crippen molar-refractivity contribution in [2.24, 2.45) is 22.2 Å². The van der Waals surface area contributed by atoms with Gasteiger partial charge in [0.05, 0.1) is 72.0 Å². The predicted octanol–water partition coefficient (Wildman–Crippen LogP) is 4.29. The van der Waals surface area contributed by atoms with Crippen LogP contribution in [0.25, 0.3) is 21.3 Å². The molecule has 7 heterocycles. The molecule has 14 rings (SSSR count). The van der Waals surface area contributed by atoms with Gasteiger partial charge in [-0.1, -0.05) is 69.4 Å². The van der Waals surface area contributed by atoms with Gasteiger partial charge in [0.25, 0.3) is 38.0 Å². The van der Waals surface area contributed by atoms with Crippen LogP contribution in [0.4, 0.5) is 21.4 Å². The van der Waals surface area contributed by atoms with Gasteiger partial charge in [0.15, 0.2) is 16.9 Å². The maximum absolute atomic E-state index is 14.4. The number of imide groups is 1. The molecule has 40 heteroatoms. The van der Waals surface area contributed by atoms with Gasteiger partial charge < -0.3 is 75.1 Å². The van der Waals surface area contributed by atoms with E-state index in [1.165, 1.54) is 36.5 Å². The fraction of sp³-hybridized carbons (Fsp3) is 0.519. The van der Waals surface area contributed by atoms with E-state index in [4.69, 9.17) is 29.0 Å². The number of thiazole rings is 1. The first-order chi connectivity index (χ1) is 57.1. The largest absolute Gasteiger partial charge is 0.479 e. The highest BCUT2D eigenvalue weighted by molar-refractivity contribution is 7.86. The lowest BCUT2D eigenvalue weighted by molar-refractivity contribution is -0.248. The van der Waals surface area contributed by atoms with Crippen molar-refractivity contribution in [2.75, 3.05) is 73.0 Å². The van der Waals surface area contributed by atoms with E-state index in [-0.39, 0.29) is 83.7 Å². The number of carbonyl (C=O) groups is 10. The number of carbonyl (C=O) groups excluding carboxylic acids is 8. The number of aromatic nitrogens is 4. The first kappa shape index (κ1) is 88.5. The van der Waals surface area contributed by atoms with Crippen molar-refractivity contribution in [1.82, 2.24) is 45.1 Å². The molecule has 0 spiro atoms. The molecule has 37 nitrogen and oxygen atoms in total. The highest BCUT2D eigenvalue weighted by Crippen LogP contribution is 2.72. The zero-order chi connectivity index (χ0) is 87.2. The molecule has 4 aliphatic heterocycles. The van der Waals surface area contributed by atoms with Crippen LogP contribution in [0.1, 0.15) is 135 Å². The number of aliphatic hydroxyl groups excluding tert-OH is 3. The molecule has 2 saturated heterocycles. The summed E-state index contributed by atoms with van der Waals surface area (Å²) in [7, 11) is -9.12. The second-order valence-electron chi connectivity index (χ2n) is 33.8. The Kier molecular flexibility index (Phi) is 25.8. The van der Waals surface area contributed by atoms with Crippen LogP contribution in [-0.2, 0) is 105 Å². The van der Waals surface area contributed by atoms with E-state index in [9.17, 15) is 99.4 Å². The van der Waals surface area contributed by atoms with Crippen LogP contribution in [0.15, 0.2) is 91.1 Å². The summed E-state index contributed by atoms with van der Waals surface area (Å²) in [5, 5.41) is 69.0. The summed E-state index contributed by atoms with van der Waals surface area (Å²) in [6.45, 7) is 9.10. The van der Waals surface area contributed by atoms with E-state index < -0.39 is 178 Å². The molecule has 3 aromatic heterocycles. The Labute approximate surface area is 700 Å². The Hall–Kier alpha value is -10.3. The maximum atomic E-state index is 14.4. The van der Waals surface area contributed by atoms with Crippen molar-refractivity contribution in [3.05, 3.63) is 130 Å². The molecule has 4 aliphatic carbocycles. The first-order valence-corrected chi connectivity index (χ1v) is 43.8. The fourth-order valence-corrected chi connectivity index (χ4v) is 21.0. The van der Waals surface area contributed by atoms with E-state index >= 15 is 0 Å². The number of aliphatic carboxylic acids is 1. The molecule has 650 valence electrons. The summed E-state index contributed by atoms with van der Waals surface area (Å²) in [5.74, 6) is -10.0. The number of benzene rings is 3. The third-order valence-corrected chi connectivity index (χ3v) is 26.2. The number of aryl methyl sites for hydroxylation is 1. The van der Waals surface area contributed by atoms with Gasteiger partial charge in [-0.3, -0.25) is 57.6 Å². The van der Waals surface area contributed by atoms with Crippen LogP contribution in [0.3, 0.4) is 0 Å². The van der Waals surface area contributed by atoms with Gasteiger partial charge in [-0.25, -0.2) is 24.4 Å². The molecule has 3 aromatic carbocycles. The monoisotopic (exact) mass is 1730 g/mol. The summed E-state index contributed by atoms with van der Waals surface area (Å²) in [4.78, 5) is 149. The minimum Gasteiger partial charge on any atom is -0.479 e. The molecule has 121 heavy (non-hydrogen) atoms. The number of ether oxygens (including phenoxy) is 4. The van der Waals surface area contributed by atoms with Crippen LogP contribution < -0.4 is 26.2 Å². The van der Waals surface area contributed by atoms with Gasteiger partial charge in [-0.05, 0) is 159 Å². The molecule has 11 N–H and O–H groups in total. The molecule has 6 fully saturated rings. The number of para-hydroxylation sites is 1. The average Bonchev–Trinajstić information content (AvgIpc) is 0.884. The zero-order valence-corrected chi connectivity index (χ0v) is 69.7. The Morgan fingerprint density at radius 1 is 0.769 bits per heavy atom. The summed E-state index contributed by atoms with van der Waals surface area (Å²) < 4.78 is 93.4. The van der Waals surface area contributed by atoms with Crippen molar-refractivity contribution in [2.45, 2.75) is 186 Å². The Morgan fingerprint density at radius 2 is 1.49 bits per heavy atom. The Morgan fingerprint density at radius 3 is 2.17 bits per heavy atom. The fourth-order valence-electron chi connectivity index (χ4n) is 19.4. The zero-order valence-electron chi connectivity index (χ0n) is 67.3. The van der Waals surface area contributed by atoms with Crippen LogP contribution >= 0.6 is 11.3 Å². The number of aromatic carboxylic acids is 1. The van der Waals surface area contributed by atoms with Crippen molar-refractivity contribution in [1.29, 1.82) is 0 Å². The smallest absolute Gasteiger partial charge is 0.410 e. The van der Waals surface area contributed by atoms with E-state index in [0.29, 0.717) is 83.6 Å². The number of carboxylic acid groups (broad SMARTS) is 2. The maximum Gasteiger partial charge on any atom is 0.410 e. The third kappa shape index (κ3) is 20.1. The highest BCUT2D eigenvalue weighted by atomic mass is 32.2. The van der Waals surface area contributed by atoms with E-state index in [0.717, 1.165) is 62.6 Å². The Bertz CT molecular complexity index is 5280.